The number of nitrogens with one attached hydrogen (secondary N) is 2. The number of fused-ring (bicyclic) bond motifs is 1. The van der Waals surface area contributed by atoms with Gasteiger partial charge in [0.25, 0.3) is 0 Å². The zero-order valence-electron chi connectivity index (χ0n) is 14.4. The number of aromatic amines is 2. The van der Waals surface area contributed by atoms with Crippen molar-refractivity contribution in [3.8, 4) is 11.3 Å². The molecule has 0 bridgehead atoms. The number of hydrogen-bond acceptors (Lipinski definition) is 3. The fourth-order valence-corrected chi connectivity index (χ4v) is 3.01. The molecule has 26 heavy (non-hydrogen) atoms. The van der Waals surface area contributed by atoms with Crippen LogP contribution >= 0.6 is 0 Å². The van der Waals surface area contributed by atoms with Gasteiger partial charge < -0.3 is 4.98 Å². The number of benzene rings is 1. The summed E-state index contributed by atoms with van der Waals surface area (Å²) < 4.78 is 14.0. The first-order valence-electron chi connectivity index (χ1n) is 8.30. The third kappa shape index (κ3) is 2.79. The van der Waals surface area contributed by atoms with Crippen LogP contribution in [0.5, 0.6) is 0 Å². The Bertz CT molecular complexity index is 1130. The number of hydrogen-bond donors (Lipinski definition) is 2. The Kier molecular flexibility index (Phi) is 3.88. The second kappa shape index (κ2) is 6.22. The molecule has 3 aromatic heterocycles. The first-order valence-corrected chi connectivity index (χ1v) is 8.30. The number of Topliss-reactive ketones (excluding diaryl/α,β-unsaturated/α-hetero) is 1. The predicted molar refractivity (Wildman–Crippen MR) is 97.6 cm³/mol. The molecule has 1 aromatic carbocycles. The number of H-pyrrole nitrogens is 2. The minimum Gasteiger partial charge on any atom is -0.339 e. The summed E-state index contributed by atoms with van der Waals surface area (Å²) >= 11 is 0. The Hall–Kier alpha value is -3.28. The van der Waals surface area contributed by atoms with Gasteiger partial charge >= 0.3 is 0 Å². The summed E-state index contributed by atoms with van der Waals surface area (Å²) in [5.41, 5.74) is 4.82. The van der Waals surface area contributed by atoms with Gasteiger partial charge in [-0.2, -0.15) is 5.10 Å². The number of aromatic nitrogens is 4. The number of nitrogens with zero attached hydrogens (tertiary/aromatic N) is 2. The van der Waals surface area contributed by atoms with Crippen molar-refractivity contribution >= 4 is 16.8 Å². The van der Waals surface area contributed by atoms with Crippen LogP contribution in [0.1, 0.15) is 27.3 Å². The second-order valence-electron chi connectivity index (χ2n) is 6.37. The summed E-state index contributed by atoms with van der Waals surface area (Å²) in [5.74, 6) is -0.350. The lowest BCUT2D eigenvalue weighted by atomic mass is 10.0. The van der Waals surface area contributed by atoms with Crippen molar-refractivity contribution in [2.75, 3.05) is 0 Å². The number of rotatable bonds is 4. The molecule has 0 aliphatic heterocycles. The Labute approximate surface area is 149 Å². The molecule has 130 valence electrons. The molecule has 2 N–H and O–H groups in total. The van der Waals surface area contributed by atoms with E-state index in [2.05, 4.69) is 20.2 Å². The van der Waals surface area contributed by atoms with Crippen molar-refractivity contribution in [2.24, 2.45) is 0 Å². The van der Waals surface area contributed by atoms with Crippen LogP contribution in [0, 0.1) is 19.7 Å². The average Bonchev–Trinajstić information content (AvgIpc) is 3.19. The minimum atomic E-state index is -0.293. The molecular weight excluding hydrogens is 331 g/mol. The summed E-state index contributed by atoms with van der Waals surface area (Å²) in [6.45, 7) is 3.76. The molecule has 3 heterocycles. The van der Waals surface area contributed by atoms with Crippen molar-refractivity contribution in [1.29, 1.82) is 0 Å². The maximum atomic E-state index is 14.0. The van der Waals surface area contributed by atoms with Gasteiger partial charge in [0.2, 0.25) is 0 Å². The number of ketones is 1. The number of aryl methyl sites for hydroxylation is 1. The van der Waals surface area contributed by atoms with E-state index in [-0.39, 0.29) is 18.0 Å². The van der Waals surface area contributed by atoms with Crippen LogP contribution in [0.2, 0.25) is 0 Å². The zero-order chi connectivity index (χ0) is 18.3. The number of halogens is 1. The quantitative estimate of drug-likeness (QED) is 0.545. The molecule has 0 saturated heterocycles. The van der Waals surface area contributed by atoms with Gasteiger partial charge in [-0.1, -0.05) is 12.1 Å². The zero-order valence-corrected chi connectivity index (χ0v) is 14.4. The van der Waals surface area contributed by atoms with E-state index in [4.69, 9.17) is 0 Å². The number of carbonyl (C=O) groups excluding carboxylic acids is 1. The van der Waals surface area contributed by atoms with E-state index in [0.29, 0.717) is 22.6 Å². The van der Waals surface area contributed by atoms with Crippen molar-refractivity contribution < 1.29 is 9.18 Å². The molecule has 0 fully saturated rings. The van der Waals surface area contributed by atoms with E-state index in [1.54, 1.807) is 24.4 Å². The molecule has 4 aromatic rings. The molecule has 6 heteroatoms. The Morgan fingerprint density at radius 3 is 2.73 bits per heavy atom. The summed E-state index contributed by atoms with van der Waals surface area (Å²) in [7, 11) is 0. The van der Waals surface area contributed by atoms with E-state index in [9.17, 15) is 9.18 Å². The first kappa shape index (κ1) is 16.2. The maximum Gasteiger partial charge on any atom is 0.187 e. The standard InChI is InChI=1S/C20H17FN4O/c1-11-12(2)24-25-19(11)18(26)8-13-7-14-9-17(23-20(14)22-10-13)15-5-3-4-6-16(15)21/h3-7,9-10H,8H2,1-2H3,(H,22,23)(H,24,25). The van der Waals surface area contributed by atoms with Crippen LogP contribution in [0.15, 0.2) is 42.6 Å². The van der Waals surface area contributed by atoms with Crippen LogP contribution in [-0.4, -0.2) is 25.9 Å². The van der Waals surface area contributed by atoms with Crippen molar-refractivity contribution in [3.05, 3.63) is 70.9 Å². The van der Waals surface area contributed by atoms with E-state index in [1.165, 1.54) is 6.07 Å². The van der Waals surface area contributed by atoms with Gasteiger partial charge in [0.15, 0.2) is 5.78 Å². The molecule has 0 spiro atoms. The molecular formula is C20H17FN4O. The van der Waals surface area contributed by atoms with Gasteiger partial charge in [0.1, 0.15) is 17.2 Å². The fourth-order valence-electron chi connectivity index (χ4n) is 3.01. The van der Waals surface area contributed by atoms with E-state index >= 15 is 0 Å². The van der Waals surface area contributed by atoms with Gasteiger partial charge in [-0.05, 0) is 43.7 Å². The van der Waals surface area contributed by atoms with Crippen molar-refractivity contribution in [3.63, 3.8) is 0 Å². The SMILES string of the molecule is Cc1[nH]nc(C(=O)Cc2cnc3[nH]c(-c4ccccc4F)cc3c2)c1C. The Morgan fingerprint density at radius 2 is 2.00 bits per heavy atom. The summed E-state index contributed by atoms with van der Waals surface area (Å²) in [5, 5.41) is 7.75. The Balaban J connectivity index is 1.65. The third-order valence-electron chi connectivity index (χ3n) is 4.57. The monoisotopic (exact) mass is 348 g/mol. The smallest absolute Gasteiger partial charge is 0.187 e. The van der Waals surface area contributed by atoms with Gasteiger partial charge in [-0.15, -0.1) is 0 Å². The lowest BCUT2D eigenvalue weighted by Crippen LogP contribution is -2.06. The van der Waals surface area contributed by atoms with Crippen LogP contribution in [-0.2, 0) is 6.42 Å². The molecule has 0 unspecified atom stereocenters. The van der Waals surface area contributed by atoms with Gasteiger partial charge in [0.05, 0.1) is 5.69 Å². The van der Waals surface area contributed by atoms with Crippen LogP contribution in [0.4, 0.5) is 4.39 Å². The van der Waals surface area contributed by atoms with Gasteiger partial charge in [-0.3, -0.25) is 9.89 Å². The highest BCUT2D eigenvalue weighted by Crippen LogP contribution is 2.26. The Morgan fingerprint density at radius 1 is 1.19 bits per heavy atom. The lowest BCUT2D eigenvalue weighted by Gasteiger charge is -2.00. The highest BCUT2D eigenvalue weighted by Gasteiger charge is 2.16. The minimum absolute atomic E-state index is 0.0575. The van der Waals surface area contributed by atoms with Crippen molar-refractivity contribution in [2.45, 2.75) is 20.3 Å². The largest absolute Gasteiger partial charge is 0.339 e. The lowest BCUT2D eigenvalue weighted by molar-refractivity contribution is 0.0987. The first-order chi connectivity index (χ1) is 12.5. The molecule has 0 saturated carbocycles. The second-order valence-corrected chi connectivity index (χ2v) is 6.37. The van der Waals surface area contributed by atoms with E-state index in [1.807, 2.05) is 26.0 Å². The van der Waals surface area contributed by atoms with E-state index in [0.717, 1.165) is 22.2 Å². The molecule has 0 atom stereocenters. The molecule has 5 nitrogen and oxygen atoms in total. The third-order valence-corrected chi connectivity index (χ3v) is 4.57. The molecule has 0 radical (unpaired) electrons. The highest BCUT2D eigenvalue weighted by molar-refractivity contribution is 5.97. The van der Waals surface area contributed by atoms with Gasteiger partial charge in [0, 0.05) is 34.8 Å². The van der Waals surface area contributed by atoms with Gasteiger partial charge in [-0.25, -0.2) is 9.37 Å². The number of pyridine rings is 1. The fraction of sp³-hybridized carbons (Fsp3) is 0.150. The number of carbonyl (C=O) groups is 1. The van der Waals surface area contributed by atoms with Crippen LogP contribution in [0.25, 0.3) is 22.3 Å². The predicted octanol–water partition coefficient (Wildman–Crippen LogP) is 4.13. The normalized spacial score (nSPS) is 11.2. The van der Waals surface area contributed by atoms with Crippen LogP contribution < -0.4 is 0 Å². The molecule has 0 aliphatic rings. The highest BCUT2D eigenvalue weighted by atomic mass is 19.1. The summed E-state index contributed by atoms with van der Waals surface area (Å²) in [6, 6.07) is 10.3. The summed E-state index contributed by atoms with van der Waals surface area (Å²) in [4.78, 5) is 20.0. The average molecular weight is 348 g/mol. The summed E-state index contributed by atoms with van der Waals surface area (Å²) in [6.07, 6.45) is 1.88. The maximum absolute atomic E-state index is 14.0. The molecule has 0 amide bonds. The van der Waals surface area contributed by atoms with Crippen molar-refractivity contribution in [1.82, 2.24) is 20.2 Å². The topological polar surface area (TPSA) is 74.4 Å². The van der Waals surface area contributed by atoms with Crippen LogP contribution in [0.3, 0.4) is 0 Å². The van der Waals surface area contributed by atoms with E-state index < -0.39 is 0 Å². The molecule has 0 aliphatic carbocycles. The molecule has 4 rings (SSSR count).